The number of hydrogen-bond donors (Lipinski definition) is 1. The molecular formula is C18H18BrNO5. The Morgan fingerprint density at radius 3 is 2.44 bits per heavy atom. The summed E-state index contributed by atoms with van der Waals surface area (Å²) in [5.41, 5.74) is 2.24. The summed E-state index contributed by atoms with van der Waals surface area (Å²) in [4.78, 5) is 38.8. The first-order valence-corrected chi connectivity index (χ1v) is 8.44. The Kier molecular flexibility index (Phi) is 5.79. The van der Waals surface area contributed by atoms with Gasteiger partial charge in [0.15, 0.2) is 5.78 Å². The number of H-pyrrole nitrogens is 1. The van der Waals surface area contributed by atoms with E-state index in [2.05, 4.69) is 20.9 Å². The van der Waals surface area contributed by atoms with E-state index in [1.807, 2.05) is 0 Å². The highest BCUT2D eigenvalue weighted by atomic mass is 79.9. The molecule has 0 aliphatic rings. The number of hydrogen-bond acceptors (Lipinski definition) is 5. The minimum Gasteiger partial charge on any atom is -0.461 e. The molecule has 0 unspecified atom stereocenters. The Morgan fingerprint density at radius 2 is 1.88 bits per heavy atom. The van der Waals surface area contributed by atoms with Crippen molar-refractivity contribution >= 4 is 33.7 Å². The van der Waals surface area contributed by atoms with Gasteiger partial charge in [0.25, 0.3) is 0 Å². The maximum Gasteiger partial charge on any atom is 0.355 e. The molecule has 0 saturated carbocycles. The van der Waals surface area contributed by atoms with Crippen LogP contribution < -0.4 is 4.74 Å². The molecular weight excluding hydrogens is 390 g/mol. The van der Waals surface area contributed by atoms with Crippen LogP contribution in [-0.4, -0.2) is 29.3 Å². The lowest BCUT2D eigenvalue weighted by atomic mass is 9.99. The van der Waals surface area contributed by atoms with Crippen LogP contribution >= 0.6 is 15.9 Å². The van der Waals surface area contributed by atoms with Gasteiger partial charge in [0.1, 0.15) is 11.4 Å². The number of halogens is 1. The zero-order chi connectivity index (χ0) is 18.7. The summed E-state index contributed by atoms with van der Waals surface area (Å²) in [6, 6.07) is 4.69. The van der Waals surface area contributed by atoms with Gasteiger partial charge < -0.3 is 14.5 Å². The smallest absolute Gasteiger partial charge is 0.355 e. The average molecular weight is 408 g/mol. The molecule has 0 bridgehead atoms. The molecule has 1 aromatic heterocycles. The lowest BCUT2D eigenvalue weighted by Gasteiger charge is -2.07. The van der Waals surface area contributed by atoms with Crippen LogP contribution in [0, 0.1) is 13.8 Å². The number of rotatable bonds is 5. The molecule has 0 fully saturated rings. The summed E-state index contributed by atoms with van der Waals surface area (Å²) in [5, 5.41) is 0. The predicted molar refractivity (Wildman–Crippen MR) is 95.1 cm³/mol. The van der Waals surface area contributed by atoms with Gasteiger partial charge in [-0.15, -0.1) is 0 Å². The first-order chi connectivity index (χ1) is 11.8. The molecule has 0 spiro atoms. The van der Waals surface area contributed by atoms with Crippen molar-refractivity contribution < 1.29 is 23.9 Å². The maximum absolute atomic E-state index is 12.9. The Balaban J connectivity index is 2.40. The zero-order valence-electron chi connectivity index (χ0n) is 14.4. The second-order valence-corrected chi connectivity index (χ2v) is 6.27. The first-order valence-electron chi connectivity index (χ1n) is 7.65. The Bertz CT molecular complexity index is 853. The van der Waals surface area contributed by atoms with Crippen LogP contribution in [-0.2, 0) is 9.53 Å². The summed E-state index contributed by atoms with van der Waals surface area (Å²) >= 11 is 3.29. The van der Waals surface area contributed by atoms with Crippen molar-refractivity contribution in [2.45, 2.75) is 27.7 Å². The van der Waals surface area contributed by atoms with Crippen LogP contribution in [0.4, 0.5) is 0 Å². The van der Waals surface area contributed by atoms with Crippen LogP contribution in [0.1, 0.15) is 51.5 Å². The predicted octanol–water partition coefficient (Wildman–Crippen LogP) is 3.73. The number of carbonyl (C=O) groups is 3. The number of ether oxygens (including phenoxy) is 2. The minimum absolute atomic E-state index is 0.239. The van der Waals surface area contributed by atoms with Gasteiger partial charge in [-0.3, -0.25) is 9.59 Å². The van der Waals surface area contributed by atoms with Crippen molar-refractivity contribution in [1.82, 2.24) is 4.98 Å². The van der Waals surface area contributed by atoms with E-state index in [0.717, 1.165) is 0 Å². The minimum atomic E-state index is -0.492. The highest BCUT2D eigenvalue weighted by Gasteiger charge is 2.24. The molecule has 7 heteroatoms. The van der Waals surface area contributed by atoms with E-state index in [1.54, 1.807) is 39.0 Å². The average Bonchev–Trinajstić information content (AvgIpc) is 2.83. The van der Waals surface area contributed by atoms with E-state index in [0.29, 0.717) is 32.6 Å². The van der Waals surface area contributed by atoms with Crippen molar-refractivity contribution in [3.8, 4) is 5.75 Å². The summed E-state index contributed by atoms with van der Waals surface area (Å²) in [6.07, 6.45) is 0. The SMILES string of the molecule is CCOC(=O)c1[nH]c(C)c(C(=O)c2ccc(OC(C)=O)c(Br)c2)c1C. The van der Waals surface area contributed by atoms with Crippen LogP contribution in [0.25, 0.3) is 0 Å². The van der Waals surface area contributed by atoms with E-state index >= 15 is 0 Å². The number of ketones is 1. The monoisotopic (exact) mass is 407 g/mol. The van der Waals surface area contributed by atoms with Crippen LogP contribution in [0.15, 0.2) is 22.7 Å². The molecule has 132 valence electrons. The molecule has 25 heavy (non-hydrogen) atoms. The van der Waals surface area contributed by atoms with Crippen molar-refractivity contribution in [1.29, 1.82) is 0 Å². The Hall–Kier alpha value is -2.41. The molecule has 0 aliphatic heterocycles. The Morgan fingerprint density at radius 1 is 1.20 bits per heavy atom. The molecule has 1 aromatic carbocycles. The lowest BCUT2D eigenvalue weighted by Crippen LogP contribution is -2.08. The van der Waals surface area contributed by atoms with Crippen LogP contribution in [0.2, 0.25) is 0 Å². The third-order valence-electron chi connectivity index (χ3n) is 3.59. The van der Waals surface area contributed by atoms with Gasteiger partial charge in [-0.1, -0.05) is 0 Å². The molecule has 2 aromatic rings. The fourth-order valence-corrected chi connectivity index (χ4v) is 2.98. The molecule has 0 aliphatic carbocycles. The molecule has 1 heterocycles. The topological polar surface area (TPSA) is 85.5 Å². The molecule has 0 saturated heterocycles. The second-order valence-electron chi connectivity index (χ2n) is 5.41. The zero-order valence-corrected chi connectivity index (χ0v) is 15.9. The van der Waals surface area contributed by atoms with Crippen molar-refractivity contribution in [3.63, 3.8) is 0 Å². The van der Waals surface area contributed by atoms with Gasteiger partial charge >= 0.3 is 11.9 Å². The second kappa shape index (κ2) is 7.65. The van der Waals surface area contributed by atoms with Gasteiger partial charge in [0.05, 0.1) is 11.1 Å². The molecule has 1 N–H and O–H groups in total. The van der Waals surface area contributed by atoms with Crippen molar-refractivity contribution in [2.24, 2.45) is 0 Å². The summed E-state index contributed by atoms with van der Waals surface area (Å²) < 4.78 is 10.5. The first kappa shape index (κ1) is 18.9. The van der Waals surface area contributed by atoms with Gasteiger partial charge in [0.2, 0.25) is 0 Å². The quantitative estimate of drug-likeness (QED) is 0.463. The highest BCUT2D eigenvalue weighted by molar-refractivity contribution is 9.10. The number of aromatic nitrogens is 1. The van der Waals surface area contributed by atoms with Gasteiger partial charge in [-0.05, 0) is 60.5 Å². The van der Waals surface area contributed by atoms with Gasteiger partial charge in [0, 0.05) is 23.7 Å². The lowest BCUT2D eigenvalue weighted by molar-refractivity contribution is -0.131. The number of esters is 2. The van der Waals surface area contributed by atoms with Crippen molar-refractivity contribution in [2.75, 3.05) is 6.61 Å². The van der Waals surface area contributed by atoms with E-state index in [9.17, 15) is 14.4 Å². The molecule has 0 radical (unpaired) electrons. The largest absolute Gasteiger partial charge is 0.461 e. The number of aryl methyl sites for hydroxylation is 1. The number of nitrogens with one attached hydrogen (secondary N) is 1. The number of benzene rings is 1. The molecule has 6 nitrogen and oxygen atoms in total. The van der Waals surface area contributed by atoms with E-state index in [-0.39, 0.29) is 18.1 Å². The van der Waals surface area contributed by atoms with Gasteiger partial charge in [-0.25, -0.2) is 4.79 Å². The molecule has 0 amide bonds. The fourth-order valence-electron chi connectivity index (χ4n) is 2.52. The van der Waals surface area contributed by atoms with E-state index in [1.165, 1.54) is 6.92 Å². The Labute approximate surface area is 153 Å². The standard InChI is InChI=1S/C18H18BrNO5/c1-5-24-18(23)16-9(2)15(10(3)20-16)17(22)12-6-7-14(13(19)8-12)25-11(4)21/h6-8,20H,5H2,1-4H3. The number of aromatic amines is 1. The third kappa shape index (κ3) is 3.99. The van der Waals surface area contributed by atoms with Crippen LogP contribution in [0.3, 0.4) is 0 Å². The van der Waals surface area contributed by atoms with E-state index in [4.69, 9.17) is 9.47 Å². The third-order valence-corrected chi connectivity index (χ3v) is 4.21. The summed E-state index contributed by atoms with van der Waals surface area (Å²) in [5.74, 6) is -0.847. The summed E-state index contributed by atoms with van der Waals surface area (Å²) in [7, 11) is 0. The van der Waals surface area contributed by atoms with Gasteiger partial charge in [-0.2, -0.15) is 0 Å². The normalized spacial score (nSPS) is 10.4. The highest BCUT2D eigenvalue weighted by Crippen LogP contribution is 2.29. The van der Waals surface area contributed by atoms with Crippen LogP contribution in [0.5, 0.6) is 5.75 Å². The molecule has 0 atom stereocenters. The molecule has 2 rings (SSSR count). The van der Waals surface area contributed by atoms with E-state index < -0.39 is 11.9 Å². The fraction of sp³-hybridized carbons (Fsp3) is 0.278. The van der Waals surface area contributed by atoms with Crippen molar-refractivity contribution in [3.05, 3.63) is 50.8 Å². The summed E-state index contributed by atoms with van der Waals surface area (Å²) in [6.45, 7) is 6.70. The maximum atomic E-state index is 12.9. The number of carbonyl (C=O) groups excluding carboxylic acids is 3.